The van der Waals surface area contributed by atoms with E-state index in [0.717, 1.165) is 0 Å². The van der Waals surface area contributed by atoms with Gasteiger partial charge in [0.15, 0.2) is 36.7 Å². The summed E-state index contributed by atoms with van der Waals surface area (Å²) in [5.74, 6) is -0.439. The number of hydrogen-bond donors (Lipinski definition) is 0. The van der Waals surface area contributed by atoms with E-state index >= 15 is 0 Å². The summed E-state index contributed by atoms with van der Waals surface area (Å²) in [7, 11) is -2.83. The smallest absolute Gasteiger partial charge is 0.465 e. The number of benzene rings is 8. The number of methoxy groups -OCH3 is 2. The molecule has 0 radical (unpaired) electrons. The summed E-state index contributed by atoms with van der Waals surface area (Å²) in [6.45, 7) is 2.93. The Balaban J connectivity index is 1.09. The number of para-hydroxylation sites is 4. The SMILES string of the molecule is COC(=O)c1cc2ccccc2c(-c2c(OP(Oc3ccccc3C3OCCO3)Oc3ccccc3C3OCCO3)c(C(=O)OC)cc3ccccc23)c1OP(Oc1ccccc1C1OCCO1)Oc1ccccc1C1OCCO1. The van der Waals surface area contributed by atoms with Gasteiger partial charge in [0, 0.05) is 11.1 Å². The van der Waals surface area contributed by atoms with Gasteiger partial charge in [-0.2, -0.15) is 0 Å². The summed E-state index contributed by atoms with van der Waals surface area (Å²) in [5, 5.41) is 2.28. The van der Waals surface area contributed by atoms with Gasteiger partial charge in [-0.3, -0.25) is 0 Å². The monoisotopic (exact) mass is 1120 g/mol. The zero-order valence-corrected chi connectivity index (χ0v) is 45.0. The molecular formula is C60H52O18P2. The van der Waals surface area contributed by atoms with Gasteiger partial charge in [0.1, 0.15) is 34.1 Å². The highest BCUT2D eigenvalue weighted by Crippen LogP contribution is 2.57. The molecule has 4 fully saturated rings. The highest BCUT2D eigenvalue weighted by Gasteiger charge is 2.38. The van der Waals surface area contributed by atoms with Gasteiger partial charge in [-0.05, 0) is 57.9 Å². The Morgan fingerprint density at radius 2 is 0.625 bits per heavy atom. The van der Waals surface area contributed by atoms with E-state index in [1.165, 1.54) is 14.2 Å². The molecule has 0 unspecified atom stereocenters. The Bertz CT molecular complexity index is 3170. The van der Waals surface area contributed by atoms with Crippen molar-refractivity contribution < 1.29 is 84.1 Å². The van der Waals surface area contributed by atoms with Gasteiger partial charge in [0.05, 0.1) is 89.3 Å². The summed E-state index contributed by atoms with van der Waals surface area (Å²) in [5.41, 5.74) is 2.72. The molecule has 4 heterocycles. The van der Waals surface area contributed by atoms with Crippen LogP contribution in [-0.4, -0.2) is 79.0 Å². The maximum atomic E-state index is 14.6. The standard InChI is InChI=1S/C60H52O18P2/c1-63-55(61)45-35-37-15-3-5-17-39(37)51(53(45)77-79(73-47-23-11-7-19-41(47)57-65-27-28-66-57)74-48-24-12-8-20-42(48)58-67-29-30-68-58)52-40-18-6-4-16-38(40)36-46(56(62)64-2)54(52)78-80(75-49-25-13-9-21-43(49)59-69-31-32-70-59)76-50-26-14-10-22-44(50)60-71-33-34-72-60/h3-26,35-36,57-60H,27-34H2,1-2H3. The van der Waals surface area contributed by atoms with Crippen LogP contribution in [0.15, 0.2) is 158 Å². The number of rotatable bonds is 19. The van der Waals surface area contributed by atoms with Crippen LogP contribution in [0.25, 0.3) is 32.7 Å². The number of carbonyl (C=O) groups is 2. The Labute approximate surface area is 462 Å². The topological polar surface area (TPSA) is 182 Å². The second-order valence-corrected chi connectivity index (χ2v) is 20.1. The Kier molecular flexibility index (Phi) is 16.3. The van der Waals surface area contributed by atoms with Crippen LogP contribution >= 0.6 is 17.2 Å². The summed E-state index contributed by atoms with van der Waals surface area (Å²) >= 11 is 0. The van der Waals surface area contributed by atoms with Gasteiger partial charge >= 0.3 is 29.1 Å². The minimum Gasteiger partial charge on any atom is -0.465 e. The first-order valence-corrected chi connectivity index (χ1v) is 27.9. The molecule has 4 aliphatic rings. The first kappa shape index (κ1) is 53.2. The third-order valence-corrected chi connectivity index (χ3v) is 15.3. The van der Waals surface area contributed by atoms with Crippen molar-refractivity contribution in [3.63, 3.8) is 0 Å². The molecule has 8 aromatic rings. The van der Waals surface area contributed by atoms with Gasteiger partial charge in [0.25, 0.3) is 0 Å². The van der Waals surface area contributed by atoms with Crippen LogP contribution in [0.3, 0.4) is 0 Å². The summed E-state index contributed by atoms with van der Waals surface area (Å²) in [6.07, 6.45) is -3.06. The molecule has 4 aliphatic heterocycles. The molecule has 12 rings (SSSR count). The molecule has 18 nitrogen and oxygen atoms in total. The zero-order chi connectivity index (χ0) is 54.4. The summed E-state index contributed by atoms with van der Waals surface area (Å²) in [6, 6.07) is 46.9. The average molecular weight is 1120 g/mol. The lowest BCUT2D eigenvalue weighted by Crippen LogP contribution is -2.13. The van der Waals surface area contributed by atoms with E-state index in [1.807, 2.05) is 97.1 Å². The molecule has 0 bridgehead atoms. The van der Waals surface area contributed by atoms with E-state index < -0.39 is 54.3 Å². The van der Waals surface area contributed by atoms with Gasteiger partial charge < -0.3 is 74.5 Å². The molecule has 0 amide bonds. The first-order chi connectivity index (χ1) is 39.4. The predicted molar refractivity (Wildman–Crippen MR) is 292 cm³/mol. The van der Waals surface area contributed by atoms with Crippen molar-refractivity contribution in [3.05, 3.63) is 191 Å². The van der Waals surface area contributed by atoms with Gasteiger partial charge in [-0.15, -0.1) is 0 Å². The van der Waals surface area contributed by atoms with Crippen LogP contribution in [-0.2, 0) is 47.4 Å². The van der Waals surface area contributed by atoms with E-state index in [0.29, 0.717) is 120 Å². The Morgan fingerprint density at radius 3 is 0.912 bits per heavy atom. The van der Waals surface area contributed by atoms with Crippen LogP contribution in [0.1, 0.15) is 68.1 Å². The fourth-order valence-electron chi connectivity index (χ4n) is 9.63. The quantitative estimate of drug-likeness (QED) is 0.0550. The molecule has 20 heteroatoms. The largest absolute Gasteiger partial charge is 0.530 e. The molecule has 4 saturated heterocycles. The fraction of sp³-hybridized carbons (Fsp3) is 0.233. The molecule has 0 saturated carbocycles. The van der Waals surface area contributed by atoms with Crippen LogP contribution < -0.4 is 27.1 Å². The van der Waals surface area contributed by atoms with Crippen molar-refractivity contribution in [1.29, 1.82) is 0 Å². The lowest BCUT2D eigenvalue weighted by molar-refractivity contribution is -0.0456. The van der Waals surface area contributed by atoms with Gasteiger partial charge in [-0.25, -0.2) is 9.59 Å². The second kappa shape index (κ2) is 24.5. The number of hydrogen-bond acceptors (Lipinski definition) is 18. The zero-order valence-electron chi connectivity index (χ0n) is 43.2. The Morgan fingerprint density at radius 1 is 0.362 bits per heavy atom. The normalized spacial score (nSPS) is 16.2. The van der Waals surface area contributed by atoms with Gasteiger partial charge in [0.2, 0.25) is 0 Å². The van der Waals surface area contributed by atoms with Crippen LogP contribution in [0.4, 0.5) is 0 Å². The molecule has 80 heavy (non-hydrogen) atoms. The van der Waals surface area contributed by atoms with Crippen LogP contribution in [0, 0.1) is 0 Å². The van der Waals surface area contributed by atoms with Crippen molar-refractivity contribution in [2.24, 2.45) is 0 Å². The number of ether oxygens (including phenoxy) is 10. The third kappa shape index (κ3) is 11.2. The van der Waals surface area contributed by atoms with Crippen molar-refractivity contribution in [3.8, 4) is 45.6 Å². The van der Waals surface area contributed by atoms with Crippen LogP contribution in [0.2, 0.25) is 0 Å². The average Bonchev–Trinajstić information content (AvgIpc) is 4.41. The lowest BCUT2D eigenvalue weighted by Gasteiger charge is -2.27. The van der Waals surface area contributed by atoms with E-state index in [9.17, 15) is 9.59 Å². The predicted octanol–water partition coefficient (Wildman–Crippen LogP) is 12.9. The minimum atomic E-state index is -2.69. The second-order valence-electron chi connectivity index (χ2n) is 18.1. The first-order valence-electron chi connectivity index (χ1n) is 25.7. The molecule has 0 atom stereocenters. The summed E-state index contributed by atoms with van der Waals surface area (Å²) in [4.78, 5) is 29.3. The molecule has 0 aromatic heterocycles. The Hall–Kier alpha value is -7.44. The molecule has 8 aromatic carbocycles. The number of carbonyl (C=O) groups excluding carboxylic acids is 2. The molecule has 0 aliphatic carbocycles. The van der Waals surface area contributed by atoms with E-state index in [4.69, 9.17) is 74.5 Å². The van der Waals surface area contributed by atoms with E-state index in [-0.39, 0.29) is 33.8 Å². The van der Waals surface area contributed by atoms with E-state index in [1.54, 1.807) is 60.7 Å². The molecule has 0 spiro atoms. The fourth-order valence-corrected chi connectivity index (χ4v) is 11.8. The summed E-state index contributed by atoms with van der Waals surface area (Å²) < 4.78 is 101. The molecule has 410 valence electrons. The third-order valence-electron chi connectivity index (χ3n) is 13.3. The van der Waals surface area contributed by atoms with Crippen molar-refractivity contribution in [1.82, 2.24) is 0 Å². The van der Waals surface area contributed by atoms with Crippen molar-refractivity contribution in [2.45, 2.75) is 25.2 Å². The van der Waals surface area contributed by atoms with Gasteiger partial charge in [-0.1, -0.05) is 121 Å². The number of fused-ring (bicyclic) bond motifs is 2. The lowest BCUT2D eigenvalue weighted by atomic mass is 9.89. The maximum Gasteiger partial charge on any atom is 0.530 e. The number of esters is 2. The van der Waals surface area contributed by atoms with Crippen LogP contribution in [0.5, 0.6) is 34.5 Å². The van der Waals surface area contributed by atoms with E-state index in [2.05, 4.69) is 0 Å². The maximum absolute atomic E-state index is 14.6. The molecule has 0 N–H and O–H groups in total. The minimum absolute atomic E-state index is 0.0309. The highest BCUT2D eigenvalue weighted by atomic mass is 31.2. The highest BCUT2D eigenvalue weighted by molar-refractivity contribution is 7.43. The van der Waals surface area contributed by atoms with Crippen molar-refractivity contribution >= 4 is 50.7 Å². The molecular weight excluding hydrogens is 1070 g/mol. The van der Waals surface area contributed by atoms with Crippen molar-refractivity contribution in [2.75, 3.05) is 67.1 Å².